The molecule has 0 saturated heterocycles. The predicted octanol–water partition coefficient (Wildman–Crippen LogP) is 4.69. The van der Waals surface area contributed by atoms with Crippen molar-refractivity contribution in [1.29, 1.82) is 0 Å². The molecular weight excluding hydrogens is 434 g/mol. The van der Waals surface area contributed by atoms with Crippen molar-refractivity contribution in [3.8, 4) is 0 Å². The van der Waals surface area contributed by atoms with Gasteiger partial charge >= 0.3 is 0 Å². The number of nitrogens with two attached hydrogens (primary N) is 1. The number of allylic oxidation sites excluding steroid dienone is 1. The highest BCUT2D eigenvalue weighted by Crippen LogP contribution is 2.46. The third-order valence-corrected chi connectivity index (χ3v) is 9.19. The summed E-state index contributed by atoms with van der Waals surface area (Å²) in [5.41, 5.74) is 7.98. The van der Waals surface area contributed by atoms with Gasteiger partial charge < -0.3 is 5.73 Å². The van der Waals surface area contributed by atoms with Gasteiger partial charge in [-0.25, -0.2) is 0 Å². The van der Waals surface area contributed by atoms with E-state index in [1.54, 1.807) is 46.9 Å². The van der Waals surface area contributed by atoms with Crippen LogP contribution >= 0.6 is 22.7 Å². The molecule has 0 unspecified atom stereocenters. The van der Waals surface area contributed by atoms with E-state index in [1.807, 2.05) is 35.9 Å². The summed E-state index contributed by atoms with van der Waals surface area (Å²) in [6.07, 6.45) is 4.52. The lowest BCUT2D eigenvalue weighted by Gasteiger charge is -2.32. The van der Waals surface area contributed by atoms with Crippen LogP contribution in [0.1, 0.15) is 26.6 Å². The number of thiophene rings is 2. The van der Waals surface area contributed by atoms with Gasteiger partial charge in [0.1, 0.15) is 0 Å². The van der Waals surface area contributed by atoms with E-state index in [4.69, 9.17) is 5.73 Å². The molecule has 3 aromatic heterocycles. The Labute approximate surface area is 183 Å². The summed E-state index contributed by atoms with van der Waals surface area (Å²) in [6.45, 7) is 1.92. The van der Waals surface area contributed by atoms with Gasteiger partial charge in [-0.1, -0.05) is 42.0 Å². The van der Waals surface area contributed by atoms with Gasteiger partial charge in [-0.05, 0) is 41.9 Å². The van der Waals surface area contributed by atoms with Crippen molar-refractivity contribution in [1.82, 2.24) is 9.19 Å². The number of nitrogen functional groups attached to an aromatic ring is 1. The standard InChI is InChI=1S/C22H19N3O2S3/c1-15-6-8-16(9-7-15)30(26,27)25-18-14-22(19-4-2-12-28-19,20-5-3-13-29-20)11-10-17(18)21(23)24-25/h2-13H,14H2,1H3,(H2,23,24). The van der Waals surface area contributed by atoms with Crippen molar-refractivity contribution >= 4 is 44.6 Å². The Morgan fingerprint density at radius 2 is 1.67 bits per heavy atom. The first kappa shape index (κ1) is 19.3. The minimum atomic E-state index is -3.87. The largest absolute Gasteiger partial charge is 0.382 e. The highest BCUT2D eigenvalue weighted by Gasteiger charge is 2.40. The van der Waals surface area contributed by atoms with Gasteiger partial charge in [0.25, 0.3) is 10.0 Å². The van der Waals surface area contributed by atoms with E-state index >= 15 is 0 Å². The lowest BCUT2D eigenvalue weighted by atomic mass is 9.76. The van der Waals surface area contributed by atoms with E-state index < -0.39 is 15.4 Å². The fourth-order valence-electron chi connectivity index (χ4n) is 3.89. The molecule has 3 heterocycles. The Morgan fingerprint density at radius 3 is 2.23 bits per heavy atom. The molecular formula is C22H19N3O2S3. The Bertz CT molecular complexity index is 1300. The smallest absolute Gasteiger partial charge is 0.283 e. The molecule has 1 aliphatic carbocycles. The molecule has 152 valence electrons. The lowest BCUT2D eigenvalue weighted by Crippen LogP contribution is -2.31. The van der Waals surface area contributed by atoms with Gasteiger partial charge in [-0.3, -0.25) is 0 Å². The van der Waals surface area contributed by atoms with Crippen LogP contribution in [-0.4, -0.2) is 17.6 Å². The van der Waals surface area contributed by atoms with Crippen LogP contribution in [0.4, 0.5) is 5.82 Å². The van der Waals surface area contributed by atoms with Crippen LogP contribution in [0.2, 0.25) is 0 Å². The molecule has 0 saturated carbocycles. The fourth-order valence-corrected chi connectivity index (χ4v) is 7.13. The van der Waals surface area contributed by atoms with Gasteiger partial charge in [0, 0.05) is 21.7 Å². The summed E-state index contributed by atoms with van der Waals surface area (Å²) in [7, 11) is -3.87. The molecule has 0 amide bonds. The molecule has 30 heavy (non-hydrogen) atoms. The van der Waals surface area contributed by atoms with Crippen molar-refractivity contribution in [3.63, 3.8) is 0 Å². The highest BCUT2D eigenvalue weighted by molar-refractivity contribution is 7.89. The van der Waals surface area contributed by atoms with Gasteiger partial charge in [-0.15, -0.1) is 27.8 Å². The third kappa shape index (κ3) is 2.86. The first-order chi connectivity index (χ1) is 14.4. The number of nitrogens with zero attached hydrogens (tertiary/aromatic N) is 2. The highest BCUT2D eigenvalue weighted by atomic mass is 32.2. The second-order valence-electron chi connectivity index (χ2n) is 7.34. The number of aryl methyl sites for hydroxylation is 1. The number of benzene rings is 1. The number of hydrogen-bond donors (Lipinski definition) is 1. The SMILES string of the molecule is Cc1ccc(S(=O)(=O)n2nc(N)c3c2CC(c2cccs2)(c2cccs2)C=C3)cc1. The average molecular weight is 454 g/mol. The van der Waals surface area contributed by atoms with E-state index in [1.165, 1.54) is 0 Å². The Morgan fingerprint density at radius 1 is 1.03 bits per heavy atom. The monoisotopic (exact) mass is 453 g/mol. The van der Waals surface area contributed by atoms with Crippen LogP contribution in [0.25, 0.3) is 6.08 Å². The molecule has 0 atom stereocenters. The normalized spacial score (nSPS) is 15.2. The van der Waals surface area contributed by atoms with Crippen molar-refractivity contribution in [2.75, 3.05) is 5.73 Å². The predicted molar refractivity (Wildman–Crippen MR) is 123 cm³/mol. The summed E-state index contributed by atoms with van der Waals surface area (Å²) in [5, 5.41) is 8.34. The first-order valence-corrected chi connectivity index (χ1v) is 12.6. The van der Waals surface area contributed by atoms with Gasteiger partial charge in [0.15, 0.2) is 5.82 Å². The second-order valence-corrected chi connectivity index (χ2v) is 11.0. The molecule has 1 aliphatic rings. The summed E-state index contributed by atoms with van der Waals surface area (Å²) < 4.78 is 28.0. The Balaban J connectivity index is 1.70. The molecule has 1 aromatic carbocycles. The van der Waals surface area contributed by atoms with Crippen LogP contribution in [-0.2, 0) is 21.9 Å². The van der Waals surface area contributed by atoms with Crippen LogP contribution in [0, 0.1) is 6.92 Å². The van der Waals surface area contributed by atoms with Crippen molar-refractivity contribution in [3.05, 3.63) is 91.9 Å². The molecule has 8 heteroatoms. The number of hydrogen-bond acceptors (Lipinski definition) is 6. The summed E-state index contributed by atoms with van der Waals surface area (Å²) >= 11 is 3.33. The van der Waals surface area contributed by atoms with Crippen molar-refractivity contribution in [2.24, 2.45) is 0 Å². The zero-order valence-electron chi connectivity index (χ0n) is 16.1. The Hall–Kier alpha value is -2.68. The lowest BCUT2D eigenvalue weighted by molar-refractivity contribution is 0.568. The maximum atomic E-state index is 13.4. The van der Waals surface area contributed by atoms with Crippen LogP contribution < -0.4 is 5.73 Å². The van der Waals surface area contributed by atoms with Gasteiger partial charge in [0.05, 0.1) is 16.0 Å². The van der Waals surface area contributed by atoms with E-state index in [9.17, 15) is 8.42 Å². The van der Waals surface area contributed by atoms with Crippen molar-refractivity contribution < 1.29 is 8.42 Å². The zero-order valence-corrected chi connectivity index (χ0v) is 18.6. The maximum absolute atomic E-state index is 13.4. The third-order valence-electron chi connectivity index (χ3n) is 5.47. The van der Waals surface area contributed by atoms with Crippen molar-refractivity contribution in [2.45, 2.75) is 23.7 Å². The van der Waals surface area contributed by atoms with Crippen LogP contribution in [0.15, 0.2) is 70.3 Å². The van der Waals surface area contributed by atoms with E-state index in [-0.39, 0.29) is 10.7 Å². The first-order valence-electron chi connectivity index (χ1n) is 9.39. The second kappa shape index (κ2) is 6.94. The van der Waals surface area contributed by atoms with Gasteiger partial charge in [-0.2, -0.15) is 12.5 Å². The zero-order chi connectivity index (χ0) is 20.9. The molecule has 5 nitrogen and oxygen atoms in total. The fraction of sp³-hybridized carbons (Fsp3) is 0.136. The number of rotatable bonds is 4. The van der Waals surface area contributed by atoms with Gasteiger partial charge in [0.2, 0.25) is 0 Å². The average Bonchev–Trinajstić information content (AvgIpc) is 3.50. The number of aromatic nitrogens is 2. The molecule has 0 radical (unpaired) electrons. The number of anilines is 1. The van der Waals surface area contributed by atoms with E-state index in [0.29, 0.717) is 17.7 Å². The molecule has 4 aromatic rings. The van der Waals surface area contributed by atoms with E-state index in [0.717, 1.165) is 19.4 Å². The minimum absolute atomic E-state index is 0.200. The quantitative estimate of drug-likeness (QED) is 0.486. The molecule has 2 N–H and O–H groups in total. The topological polar surface area (TPSA) is 78.0 Å². The Kier molecular flexibility index (Phi) is 4.46. The molecule has 0 aliphatic heterocycles. The summed E-state index contributed by atoms with van der Waals surface area (Å²) in [5.74, 6) is 0.225. The van der Waals surface area contributed by atoms with E-state index in [2.05, 4.69) is 23.3 Å². The number of fused-ring (bicyclic) bond motifs is 1. The van der Waals surface area contributed by atoms with Crippen LogP contribution in [0.5, 0.6) is 0 Å². The molecule has 5 rings (SSSR count). The minimum Gasteiger partial charge on any atom is -0.382 e. The maximum Gasteiger partial charge on any atom is 0.283 e. The molecule has 0 spiro atoms. The molecule has 0 bridgehead atoms. The molecule has 0 fully saturated rings. The summed E-state index contributed by atoms with van der Waals surface area (Å²) in [4.78, 5) is 2.52. The van der Waals surface area contributed by atoms with Crippen LogP contribution in [0.3, 0.4) is 0 Å². The summed E-state index contributed by atoms with van der Waals surface area (Å²) in [6, 6.07) is 15.0.